The van der Waals surface area contributed by atoms with Crippen LogP contribution >= 0.6 is 0 Å². The Labute approximate surface area is 79.7 Å². The molecule has 0 fully saturated rings. The number of aromatic nitrogens is 4. The molecule has 2 aromatic rings. The summed E-state index contributed by atoms with van der Waals surface area (Å²) in [5.74, 6) is 0.353. The van der Waals surface area contributed by atoms with Gasteiger partial charge in [-0.3, -0.25) is 4.57 Å². The molecule has 0 unspecified atom stereocenters. The van der Waals surface area contributed by atoms with Crippen molar-refractivity contribution in [2.75, 3.05) is 12.3 Å². The summed E-state index contributed by atoms with van der Waals surface area (Å²) in [7, 11) is 0. The Balaban J connectivity index is 2.58. The van der Waals surface area contributed by atoms with E-state index in [1.165, 1.54) is 6.33 Å². The zero-order chi connectivity index (χ0) is 9.97. The molecule has 2 heterocycles. The highest BCUT2D eigenvalue weighted by atomic mass is 16.2. The summed E-state index contributed by atoms with van der Waals surface area (Å²) in [6.07, 6.45) is 6.20. The van der Waals surface area contributed by atoms with E-state index in [-0.39, 0.29) is 6.61 Å². The van der Waals surface area contributed by atoms with Crippen LogP contribution in [0.2, 0.25) is 0 Å². The molecule has 2 rings (SSSR count). The maximum absolute atomic E-state index is 8.61. The number of hydrogen-bond acceptors (Lipinski definition) is 5. The van der Waals surface area contributed by atoms with Crippen molar-refractivity contribution in [1.29, 1.82) is 0 Å². The summed E-state index contributed by atoms with van der Waals surface area (Å²) < 4.78 is 1.67. The molecule has 14 heavy (non-hydrogen) atoms. The van der Waals surface area contributed by atoms with E-state index in [0.29, 0.717) is 17.0 Å². The number of fused-ring (bicyclic) bond motifs is 1. The lowest BCUT2D eigenvalue weighted by atomic mass is 10.5. The van der Waals surface area contributed by atoms with Crippen LogP contribution in [0.4, 0.5) is 5.82 Å². The second-order valence-corrected chi connectivity index (χ2v) is 2.65. The van der Waals surface area contributed by atoms with Crippen molar-refractivity contribution in [3.8, 4) is 0 Å². The lowest BCUT2D eigenvalue weighted by Gasteiger charge is -1.95. The van der Waals surface area contributed by atoms with Gasteiger partial charge in [-0.05, 0) is 6.08 Å². The monoisotopic (exact) mass is 191 g/mol. The van der Waals surface area contributed by atoms with Gasteiger partial charge in [-0.2, -0.15) is 0 Å². The third kappa shape index (κ3) is 1.31. The molecule has 3 N–H and O–H groups in total. The molecular formula is C8H9N5O. The number of nitrogens with two attached hydrogens (primary N) is 1. The maximum atomic E-state index is 8.61. The molecule has 6 heteroatoms. The van der Waals surface area contributed by atoms with Crippen LogP contribution in [0.1, 0.15) is 0 Å². The van der Waals surface area contributed by atoms with E-state index in [4.69, 9.17) is 10.8 Å². The Kier molecular flexibility index (Phi) is 2.11. The van der Waals surface area contributed by atoms with Gasteiger partial charge in [0.15, 0.2) is 17.0 Å². The van der Waals surface area contributed by atoms with Gasteiger partial charge in [0, 0.05) is 6.20 Å². The average Bonchev–Trinajstić information content (AvgIpc) is 2.60. The first-order valence-corrected chi connectivity index (χ1v) is 4.03. The van der Waals surface area contributed by atoms with Crippen LogP contribution in [0.15, 0.2) is 18.7 Å². The van der Waals surface area contributed by atoms with Crippen molar-refractivity contribution < 1.29 is 5.11 Å². The van der Waals surface area contributed by atoms with Crippen LogP contribution < -0.4 is 5.73 Å². The van der Waals surface area contributed by atoms with Gasteiger partial charge in [0.25, 0.3) is 0 Å². The Bertz CT molecular complexity index is 476. The SMILES string of the molecule is Nc1ncnc2c1ncn2/C=C/CO. The summed E-state index contributed by atoms with van der Waals surface area (Å²) in [6, 6.07) is 0. The van der Waals surface area contributed by atoms with E-state index in [1.54, 1.807) is 23.2 Å². The number of anilines is 1. The molecule has 0 saturated heterocycles. The molecule has 0 atom stereocenters. The predicted molar refractivity (Wildman–Crippen MR) is 52.2 cm³/mol. The van der Waals surface area contributed by atoms with Crippen molar-refractivity contribution >= 4 is 23.2 Å². The standard InChI is InChI=1S/C8H9N5O/c9-7-6-8(11-4-10-7)13(5-12-6)2-1-3-14/h1-2,4-5,14H,3H2,(H2,9,10,11)/b2-1+. The minimum absolute atomic E-state index is 0.0275. The van der Waals surface area contributed by atoms with Crippen molar-refractivity contribution in [2.45, 2.75) is 0 Å². The van der Waals surface area contributed by atoms with Crippen molar-refractivity contribution in [2.24, 2.45) is 0 Å². The molecular weight excluding hydrogens is 182 g/mol. The van der Waals surface area contributed by atoms with Gasteiger partial charge in [-0.15, -0.1) is 0 Å². The molecule has 0 aliphatic carbocycles. The largest absolute Gasteiger partial charge is 0.392 e. The van der Waals surface area contributed by atoms with Crippen LogP contribution in [0.3, 0.4) is 0 Å². The van der Waals surface area contributed by atoms with E-state index >= 15 is 0 Å². The molecule has 0 aromatic carbocycles. The third-order valence-corrected chi connectivity index (χ3v) is 1.76. The molecule has 72 valence electrons. The minimum atomic E-state index is -0.0275. The smallest absolute Gasteiger partial charge is 0.169 e. The van der Waals surface area contributed by atoms with E-state index < -0.39 is 0 Å². The molecule has 0 saturated carbocycles. The molecule has 0 aliphatic rings. The van der Waals surface area contributed by atoms with E-state index in [1.807, 2.05) is 0 Å². The fourth-order valence-electron chi connectivity index (χ4n) is 1.14. The molecule has 0 amide bonds. The Morgan fingerprint density at radius 1 is 1.43 bits per heavy atom. The van der Waals surface area contributed by atoms with Crippen LogP contribution in [-0.4, -0.2) is 31.2 Å². The van der Waals surface area contributed by atoms with E-state index in [9.17, 15) is 0 Å². The zero-order valence-electron chi connectivity index (χ0n) is 7.33. The Hall–Kier alpha value is -1.95. The predicted octanol–water partition coefficient (Wildman–Crippen LogP) is -0.129. The normalized spacial score (nSPS) is 11.5. The van der Waals surface area contributed by atoms with Gasteiger partial charge in [-0.25, -0.2) is 15.0 Å². The second-order valence-electron chi connectivity index (χ2n) is 2.65. The highest BCUT2D eigenvalue weighted by Crippen LogP contribution is 2.13. The highest BCUT2D eigenvalue weighted by Gasteiger charge is 2.04. The number of nitrogens with zero attached hydrogens (tertiary/aromatic N) is 4. The van der Waals surface area contributed by atoms with E-state index in [0.717, 1.165) is 0 Å². The maximum Gasteiger partial charge on any atom is 0.169 e. The van der Waals surface area contributed by atoms with Crippen molar-refractivity contribution in [1.82, 2.24) is 19.5 Å². The van der Waals surface area contributed by atoms with Gasteiger partial charge >= 0.3 is 0 Å². The van der Waals surface area contributed by atoms with Crippen molar-refractivity contribution in [3.05, 3.63) is 18.7 Å². The van der Waals surface area contributed by atoms with Crippen molar-refractivity contribution in [3.63, 3.8) is 0 Å². The molecule has 0 bridgehead atoms. The number of rotatable bonds is 2. The highest BCUT2D eigenvalue weighted by molar-refractivity contribution is 5.82. The first-order valence-electron chi connectivity index (χ1n) is 4.03. The van der Waals surface area contributed by atoms with Gasteiger partial charge in [0.05, 0.1) is 6.61 Å². The molecule has 6 nitrogen and oxygen atoms in total. The first kappa shape index (κ1) is 8.64. The molecule has 0 aliphatic heterocycles. The molecule has 0 spiro atoms. The molecule has 0 radical (unpaired) electrons. The molecule has 2 aromatic heterocycles. The van der Waals surface area contributed by atoms with Crippen LogP contribution in [0, 0.1) is 0 Å². The van der Waals surface area contributed by atoms with Crippen LogP contribution in [0.25, 0.3) is 17.4 Å². The minimum Gasteiger partial charge on any atom is -0.392 e. The summed E-state index contributed by atoms with van der Waals surface area (Å²) in [5.41, 5.74) is 6.79. The third-order valence-electron chi connectivity index (χ3n) is 1.76. The van der Waals surface area contributed by atoms with Gasteiger partial charge in [0.1, 0.15) is 12.7 Å². The topological polar surface area (TPSA) is 89.9 Å². The van der Waals surface area contributed by atoms with Gasteiger partial charge < -0.3 is 10.8 Å². The number of aliphatic hydroxyl groups is 1. The quantitative estimate of drug-likeness (QED) is 0.690. The fourth-order valence-corrected chi connectivity index (χ4v) is 1.14. The van der Waals surface area contributed by atoms with Gasteiger partial charge in [-0.1, -0.05) is 0 Å². The van der Waals surface area contributed by atoms with Crippen LogP contribution in [-0.2, 0) is 0 Å². The Morgan fingerprint density at radius 2 is 2.29 bits per heavy atom. The summed E-state index contributed by atoms with van der Waals surface area (Å²) in [5, 5.41) is 8.61. The number of nitrogen functional groups attached to an aromatic ring is 1. The summed E-state index contributed by atoms with van der Waals surface area (Å²) in [6.45, 7) is -0.0275. The first-order chi connectivity index (χ1) is 6.83. The lowest BCUT2D eigenvalue weighted by molar-refractivity contribution is 0.343. The van der Waals surface area contributed by atoms with E-state index in [2.05, 4.69) is 15.0 Å². The number of imidazole rings is 1. The number of aliphatic hydroxyl groups excluding tert-OH is 1. The zero-order valence-corrected chi connectivity index (χ0v) is 7.33. The average molecular weight is 191 g/mol. The Morgan fingerprint density at radius 3 is 3.07 bits per heavy atom. The summed E-state index contributed by atoms with van der Waals surface area (Å²) >= 11 is 0. The summed E-state index contributed by atoms with van der Waals surface area (Å²) in [4.78, 5) is 11.9. The second kappa shape index (κ2) is 3.43. The lowest BCUT2D eigenvalue weighted by Crippen LogP contribution is -1.94. The number of hydrogen-bond donors (Lipinski definition) is 2. The van der Waals surface area contributed by atoms with Crippen LogP contribution in [0.5, 0.6) is 0 Å². The fraction of sp³-hybridized carbons (Fsp3) is 0.125. The van der Waals surface area contributed by atoms with Gasteiger partial charge in [0.2, 0.25) is 0 Å².